The molecule has 0 aliphatic heterocycles. The summed E-state index contributed by atoms with van der Waals surface area (Å²) in [5.41, 5.74) is -0.524. The zero-order chi connectivity index (χ0) is 15.9. The molecule has 0 radical (unpaired) electrons. The Hall–Kier alpha value is -1.10. The summed E-state index contributed by atoms with van der Waals surface area (Å²) >= 11 is 0. The number of carbonyl (C=O) groups excluding carboxylic acids is 2. The highest BCUT2D eigenvalue weighted by atomic mass is 16.3. The first-order valence-corrected chi connectivity index (χ1v) is 7.40. The Balaban J connectivity index is 4.25. The van der Waals surface area contributed by atoms with Crippen LogP contribution in [0.4, 0.5) is 0 Å². The average molecular weight is 286 g/mol. The second-order valence-corrected chi connectivity index (χ2v) is 6.33. The Kier molecular flexibility index (Phi) is 7.79. The molecule has 2 atom stereocenters. The van der Waals surface area contributed by atoms with Gasteiger partial charge < -0.3 is 15.7 Å². The zero-order valence-corrected chi connectivity index (χ0v) is 13.6. The van der Waals surface area contributed by atoms with E-state index < -0.39 is 17.6 Å². The molecule has 0 spiro atoms. The van der Waals surface area contributed by atoms with E-state index in [1.807, 2.05) is 13.8 Å². The van der Waals surface area contributed by atoms with Crippen LogP contribution in [0.5, 0.6) is 0 Å². The molecule has 0 heterocycles. The minimum atomic E-state index is -0.601. The van der Waals surface area contributed by atoms with Crippen molar-refractivity contribution in [1.29, 1.82) is 0 Å². The highest BCUT2D eigenvalue weighted by Crippen LogP contribution is 2.13. The van der Waals surface area contributed by atoms with Gasteiger partial charge in [0.05, 0.1) is 6.10 Å². The van der Waals surface area contributed by atoms with Crippen LogP contribution < -0.4 is 10.6 Å². The maximum atomic E-state index is 11.9. The summed E-state index contributed by atoms with van der Waals surface area (Å²) in [5.74, 6) is -0.247. The largest absolute Gasteiger partial charge is 0.391 e. The Morgan fingerprint density at radius 3 is 2.05 bits per heavy atom. The highest BCUT2D eigenvalue weighted by Gasteiger charge is 2.25. The first-order chi connectivity index (χ1) is 9.13. The van der Waals surface area contributed by atoms with Crippen molar-refractivity contribution >= 4 is 11.8 Å². The van der Waals surface area contributed by atoms with Gasteiger partial charge in [-0.15, -0.1) is 0 Å². The monoisotopic (exact) mass is 286 g/mol. The van der Waals surface area contributed by atoms with Crippen LogP contribution in [0.3, 0.4) is 0 Å². The first kappa shape index (κ1) is 18.9. The van der Waals surface area contributed by atoms with Crippen molar-refractivity contribution in [3.05, 3.63) is 0 Å². The topological polar surface area (TPSA) is 78.4 Å². The Labute approximate surface area is 122 Å². The average Bonchev–Trinajstić information content (AvgIpc) is 2.35. The third-order valence-electron chi connectivity index (χ3n) is 3.50. The van der Waals surface area contributed by atoms with Crippen LogP contribution in [0.25, 0.3) is 0 Å². The Morgan fingerprint density at radius 1 is 1.15 bits per heavy atom. The van der Waals surface area contributed by atoms with Gasteiger partial charge in [0.1, 0.15) is 6.04 Å². The van der Waals surface area contributed by atoms with E-state index in [0.29, 0.717) is 0 Å². The predicted molar refractivity (Wildman–Crippen MR) is 80.1 cm³/mol. The molecule has 3 N–H and O–H groups in total. The number of carbonyl (C=O) groups is 2. The van der Waals surface area contributed by atoms with Gasteiger partial charge in [-0.05, 0) is 12.8 Å². The van der Waals surface area contributed by atoms with Crippen molar-refractivity contribution in [2.75, 3.05) is 6.54 Å². The second-order valence-electron chi connectivity index (χ2n) is 6.33. The normalized spacial score (nSPS) is 14.8. The molecular weight excluding hydrogens is 256 g/mol. The van der Waals surface area contributed by atoms with Crippen LogP contribution in [0.15, 0.2) is 0 Å². The minimum absolute atomic E-state index is 0.166. The number of nitrogens with one attached hydrogen (secondary N) is 2. The molecule has 20 heavy (non-hydrogen) atoms. The zero-order valence-electron chi connectivity index (χ0n) is 13.6. The van der Waals surface area contributed by atoms with Crippen LogP contribution >= 0.6 is 0 Å². The fraction of sp³-hybridized carbons (Fsp3) is 0.867. The fourth-order valence-electron chi connectivity index (χ4n) is 1.84. The van der Waals surface area contributed by atoms with Crippen molar-refractivity contribution in [2.24, 2.45) is 11.3 Å². The van der Waals surface area contributed by atoms with Crippen LogP contribution in [0.2, 0.25) is 0 Å². The lowest BCUT2D eigenvalue weighted by molar-refractivity contribution is -0.133. The Morgan fingerprint density at radius 2 is 1.65 bits per heavy atom. The predicted octanol–water partition coefficient (Wildman–Crippen LogP) is 1.45. The van der Waals surface area contributed by atoms with Crippen molar-refractivity contribution in [3.63, 3.8) is 0 Å². The number of hydrogen-bond acceptors (Lipinski definition) is 3. The Bertz CT molecular complexity index is 320. The molecule has 2 amide bonds. The molecule has 0 bridgehead atoms. The molecule has 0 saturated heterocycles. The third kappa shape index (κ3) is 6.37. The summed E-state index contributed by atoms with van der Waals surface area (Å²) in [7, 11) is 0. The number of aliphatic hydroxyl groups is 1. The van der Waals surface area contributed by atoms with Gasteiger partial charge in [0.2, 0.25) is 11.8 Å². The molecule has 0 aromatic heterocycles. The molecular formula is C15H30N2O3. The van der Waals surface area contributed by atoms with Gasteiger partial charge in [-0.2, -0.15) is 0 Å². The lowest BCUT2D eigenvalue weighted by atomic mass is 9.95. The number of amides is 2. The first-order valence-electron chi connectivity index (χ1n) is 7.40. The molecule has 0 rings (SSSR count). The molecule has 0 aliphatic carbocycles. The summed E-state index contributed by atoms with van der Waals surface area (Å²) in [5, 5.41) is 15.3. The molecule has 2 unspecified atom stereocenters. The van der Waals surface area contributed by atoms with Crippen LogP contribution in [-0.4, -0.2) is 35.6 Å². The molecule has 0 aromatic rings. The number of hydrogen-bond donors (Lipinski definition) is 3. The standard InChI is InChI=1S/C15H30N2O3/c1-7-11(8-2)12(18)9-16-13(19)10(3)17-14(20)15(4,5)6/h10-12,18H,7-9H2,1-6H3,(H,16,19)(H,17,20). The van der Waals surface area contributed by atoms with Gasteiger partial charge in [-0.3, -0.25) is 9.59 Å². The van der Waals surface area contributed by atoms with Crippen LogP contribution in [-0.2, 0) is 9.59 Å². The SMILES string of the molecule is CCC(CC)C(O)CNC(=O)C(C)NC(=O)C(C)(C)C. The lowest BCUT2D eigenvalue weighted by Crippen LogP contribution is -2.49. The quantitative estimate of drug-likeness (QED) is 0.663. The number of rotatable bonds is 7. The van der Waals surface area contributed by atoms with E-state index in [0.717, 1.165) is 12.8 Å². The highest BCUT2D eigenvalue weighted by molar-refractivity contribution is 5.89. The molecule has 5 nitrogen and oxygen atoms in total. The van der Waals surface area contributed by atoms with Crippen molar-refractivity contribution in [3.8, 4) is 0 Å². The van der Waals surface area contributed by atoms with Crippen molar-refractivity contribution < 1.29 is 14.7 Å². The van der Waals surface area contributed by atoms with E-state index in [-0.39, 0.29) is 24.3 Å². The van der Waals surface area contributed by atoms with Gasteiger partial charge in [0, 0.05) is 12.0 Å². The summed E-state index contributed by atoms with van der Waals surface area (Å²) in [4.78, 5) is 23.7. The lowest BCUT2D eigenvalue weighted by Gasteiger charge is -2.23. The van der Waals surface area contributed by atoms with Gasteiger partial charge in [-0.1, -0.05) is 47.5 Å². The second kappa shape index (κ2) is 8.25. The summed E-state index contributed by atoms with van der Waals surface area (Å²) in [6, 6.07) is -0.601. The maximum absolute atomic E-state index is 11.9. The smallest absolute Gasteiger partial charge is 0.242 e. The van der Waals surface area contributed by atoms with E-state index in [1.165, 1.54) is 0 Å². The van der Waals surface area contributed by atoms with Gasteiger partial charge >= 0.3 is 0 Å². The molecule has 0 aromatic carbocycles. The molecule has 0 saturated carbocycles. The fourth-order valence-corrected chi connectivity index (χ4v) is 1.84. The molecule has 5 heteroatoms. The van der Waals surface area contributed by atoms with Gasteiger partial charge in [0.15, 0.2) is 0 Å². The van der Waals surface area contributed by atoms with Gasteiger partial charge in [0.25, 0.3) is 0 Å². The van der Waals surface area contributed by atoms with E-state index in [9.17, 15) is 14.7 Å². The summed E-state index contributed by atoms with van der Waals surface area (Å²) in [6.45, 7) is 11.3. The number of aliphatic hydroxyl groups excluding tert-OH is 1. The van der Waals surface area contributed by atoms with E-state index in [2.05, 4.69) is 10.6 Å². The molecule has 118 valence electrons. The van der Waals surface area contributed by atoms with E-state index in [4.69, 9.17) is 0 Å². The van der Waals surface area contributed by atoms with Crippen molar-refractivity contribution in [2.45, 2.75) is 66.5 Å². The molecule has 0 fully saturated rings. The van der Waals surface area contributed by atoms with E-state index in [1.54, 1.807) is 27.7 Å². The summed E-state index contributed by atoms with van der Waals surface area (Å²) < 4.78 is 0. The minimum Gasteiger partial charge on any atom is -0.391 e. The van der Waals surface area contributed by atoms with Crippen LogP contribution in [0, 0.1) is 11.3 Å². The van der Waals surface area contributed by atoms with E-state index >= 15 is 0 Å². The van der Waals surface area contributed by atoms with Gasteiger partial charge in [-0.25, -0.2) is 0 Å². The maximum Gasteiger partial charge on any atom is 0.242 e. The molecule has 0 aliphatic rings. The van der Waals surface area contributed by atoms with Crippen molar-refractivity contribution in [1.82, 2.24) is 10.6 Å². The third-order valence-corrected chi connectivity index (χ3v) is 3.50. The van der Waals surface area contributed by atoms with Crippen LogP contribution in [0.1, 0.15) is 54.4 Å². The summed E-state index contributed by atoms with van der Waals surface area (Å²) in [6.07, 6.45) is 1.22.